The van der Waals surface area contributed by atoms with E-state index in [0.29, 0.717) is 6.04 Å². The zero-order valence-electron chi connectivity index (χ0n) is 14.7. The molecule has 0 aliphatic carbocycles. The summed E-state index contributed by atoms with van der Waals surface area (Å²) < 4.78 is 0. The number of thiazole rings is 1. The smallest absolute Gasteiger partial charge is 0.191 e. The summed E-state index contributed by atoms with van der Waals surface area (Å²) in [5.41, 5.74) is 1.31. The molecule has 1 aromatic rings. The van der Waals surface area contributed by atoms with Crippen LogP contribution in [0.2, 0.25) is 0 Å². The van der Waals surface area contributed by atoms with Crippen molar-refractivity contribution in [3.63, 3.8) is 0 Å². The van der Waals surface area contributed by atoms with Gasteiger partial charge in [-0.3, -0.25) is 4.99 Å². The lowest BCUT2D eigenvalue weighted by molar-refractivity contribution is 0.570. The van der Waals surface area contributed by atoms with Crippen LogP contribution in [0.1, 0.15) is 58.7 Å². The summed E-state index contributed by atoms with van der Waals surface area (Å²) in [4.78, 5) is 9.34. The molecule has 0 amide bonds. The lowest BCUT2D eigenvalue weighted by atomic mass is 9.93. The molecule has 1 heterocycles. The van der Waals surface area contributed by atoms with Gasteiger partial charge in [0.15, 0.2) is 5.96 Å². The first-order chi connectivity index (χ1) is 9.86. The Hall–Kier alpha value is -0.370. The molecule has 0 spiro atoms. The number of hydrogen-bond acceptors (Lipinski definition) is 3. The summed E-state index contributed by atoms with van der Waals surface area (Å²) in [6.07, 6.45) is 1.99. The fraction of sp³-hybridized carbons (Fsp3) is 0.750. The van der Waals surface area contributed by atoms with E-state index in [-0.39, 0.29) is 29.4 Å². The van der Waals surface area contributed by atoms with Gasteiger partial charge in [-0.25, -0.2) is 4.98 Å². The van der Waals surface area contributed by atoms with E-state index in [0.717, 1.165) is 31.9 Å². The molecule has 0 bridgehead atoms. The minimum Gasteiger partial charge on any atom is -0.357 e. The van der Waals surface area contributed by atoms with Gasteiger partial charge < -0.3 is 10.6 Å². The van der Waals surface area contributed by atoms with E-state index >= 15 is 0 Å². The van der Waals surface area contributed by atoms with E-state index in [4.69, 9.17) is 4.98 Å². The molecule has 0 radical (unpaired) electrons. The van der Waals surface area contributed by atoms with Crippen molar-refractivity contribution in [2.24, 2.45) is 4.99 Å². The average molecular weight is 438 g/mol. The third-order valence-electron chi connectivity index (χ3n) is 3.26. The number of rotatable bonds is 6. The molecular weight excluding hydrogens is 407 g/mol. The number of guanidine groups is 1. The van der Waals surface area contributed by atoms with Gasteiger partial charge in [-0.1, -0.05) is 27.7 Å². The first-order valence-corrected chi connectivity index (χ1v) is 8.74. The van der Waals surface area contributed by atoms with Gasteiger partial charge in [0, 0.05) is 36.3 Å². The molecule has 22 heavy (non-hydrogen) atoms. The van der Waals surface area contributed by atoms with Crippen molar-refractivity contribution >= 4 is 41.3 Å². The quantitative estimate of drug-likeness (QED) is 0.402. The van der Waals surface area contributed by atoms with E-state index in [9.17, 15) is 0 Å². The van der Waals surface area contributed by atoms with Crippen molar-refractivity contribution in [3.05, 3.63) is 16.1 Å². The van der Waals surface area contributed by atoms with E-state index in [1.165, 1.54) is 10.7 Å². The molecule has 2 N–H and O–H groups in total. The number of aliphatic imine (C=N–C) groups is 1. The normalized spacial score (nSPS) is 13.5. The van der Waals surface area contributed by atoms with Crippen LogP contribution < -0.4 is 10.6 Å². The Morgan fingerprint density at radius 1 is 1.36 bits per heavy atom. The van der Waals surface area contributed by atoms with Crippen molar-refractivity contribution < 1.29 is 0 Å². The molecule has 128 valence electrons. The highest BCUT2D eigenvalue weighted by Crippen LogP contribution is 2.23. The molecule has 1 aromatic heterocycles. The third kappa shape index (κ3) is 7.76. The molecule has 1 rings (SSSR count). The average Bonchev–Trinajstić information content (AvgIpc) is 2.87. The lowest BCUT2D eigenvalue weighted by Gasteiger charge is -2.16. The van der Waals surface area contributed by atoms with Crippen molar-refractivity contribution in [3.8, 4) is 0 Å². The largest absolute Gasteiger partial charge is 0.357 e. The second kappa shape index (κ2) is 10.4. The van der Waals surface area contributed by atoms with E-state index in [2.05, 4.69) is 62.5 Å². The molecule has 0 fully saturated rings. The fourth-order valence-electron chi connectivity index (χ4n) is 1.69. The molecule has 0 aromatic carbocycles. The van der Waals surface area contributed by atoms with Gasteiger partial charge in [-0.15, -0.1) is 35.3 Å². The second-order valence-electron chi connectivity index (χ2n) is 6.34. The highest BCUT2D eigenvalue weighted by molar-refractivity contribution is 14.0. The second-order valence-corrected chi connectivity index (χ2v) is 7.28. The first-order valence-electron chi connectivity index (χ1n) is 7.86. The predicted molar refractivity (Wildman–Crippen MR) is 109 cm³/mol. The fourth-order valence-corrected chi connectivity index (χ4v) is 2.70. The number of nitrogens with one attached hydrogen (secondary N) is 2. The Labute approximate surface area is 156 Å². The Balaban J connectivity index is 0.00000441. The van der Waals surface area contributed by atoms with Crippen molar-refractivity contribution in [1.29, 1.82) is 0 Å². The van der Waals surface area contributed by atoms with Crippen LogP contribution in [0.4, 0.5) is 0 Å². The lowest BCUT2D eigenvalue weighted by Crippen LogP contribution is -2.42. The van der Waals surface area contributed by atoms with Crippen LogP contribution in [0.3, 0.4) is 0 Å². The van der Waals surface area contributed by atoms with Crippen LogP contribution in [0, 0.1) is 0 Å². The Bertz CT molecular complexity index is 451. The predicted octanol–water partition coefficient (Wildman–Crippen LogP) is 3.95. The van der Waals surface area contributed by atoms with E-state index in [1.54, 1.807) is 11.3 Å². The maximum absolute atomic E-state index is 4.71. The zero-order valence-corrected chi connectivity index (χ0v) is 17.8. The highest BCUT2D eigenvalue weighted by Gasteiger charge is 2.17. The number of aromatic nitrogens is 1. The van der Waals surface area contributed by atoms with Crippen LogP contribution in [0.15, 0.2) is 10.4 Å². The van der Waals surface area contributed by atoms with E-state index < -0.39 is 0 Å². The van der Waals surface area contributed by atoms with E-state index in [1.807, 2.05) is 0 Å². The number of hydrogen-bond donors (Lipinski definition) is 2. The Morgan fingerprint density at radius 2 is 2.05 bits per heavy atom. The molecule has 0 saturated heterocycles. The number of halogens is 1. The van der Waals surface area contributed by atoms with Crippen molar-refractivity contribution in [2.45, 2.75) is 65.8 Å². The monoisotopic (exact) mass is 438 g/mol. The van der Waals surface area contributed by atoms with Gasteiger partial charge >= 0.3 is 0 Å². The van der Waals surface area contributed by atoms with Crippen LogP contribution in [0.5, 0.6) is 0 Å². The maximum Gasteiger partial charge on any atom is 0.191 e. The topological polar surface area (TPSA) is 49.3 Å². The molecule has 1 unspecified atom stereocenters. The molecule has 6 heteroatoms. The van der Waals surface area contributed by atoms with Crippen LogP contribution in [-0.2, 0) is 11.8 Å². The summed E-state index contributed by atoms with van der Waals surface area (Å²) in [7, 11) is 0. The van der Waals surface area contributed by atoms with Gasteiger partial charge in [0.05, 0.1) is 10.7 Å². The van der Waals surface area contributed by atoms with Gasteiger partial charge in [-0.05, 0) is 20.3 Å². The van der Waals surface area contributed by atoms with Gasteiger partial charge in [0.25, 0.3) is 0 Å². The minimum absolute atomic E-state index is 0. The van der Waals surface area contributed by atoms with Crippen molar-refractivity contribution in [2.75, 3.05) is 13.1 Å². The summed E-state index contributed by atoms with van der Waals surface area (Å²) >= 11 is 1.74. The van der Waals surface area contributed by atoms with Crippen LogP contribution in [0.25, 0.3) is 0 Å². The third-order valence-corrected chi connectivity index (χ3v) is 4.16. The zero-order chi connectivity index (χ0) is 15.9. The molecular formula is C16H31IN4S. The van der Waals surface area contributed by atoms with Gasteiger partial charge in [0.2, 0.25) is 0 Å². The molecule has 4 nitrogen and oxygen atoms in total. The first kappa shape index (κ1) is 21.6. The maximum atomic E-state index is 4.71. The Kier molecular flexibility index (Phi) is 10.2. The summed E-state index contributed by atoms with van der Waals surface area (Å²) in [5, 5.41) is 10.0. The van der Waals surface area contributed by atoms with Gasteiger partial charge in [-0.2, -0.15) is 0 Å². The Morgan fingerprint density at radius 3 is 2.55 bits per heavy atom. The van der Waals surface area contributed by atoms with Crippen LogP contribution in [-0.4, -0.2) is 30.1 Å². The van der Waals surface area contributed by atoms with Crippen LogP contribution >= 0.6 is 35.3 Å². The SMILES string of the molecule is CCNC(=NCCc1nc(C(C)(C)C)cs1)NC(C)CC.I. The highest BCUT2D eigenvalue weighted by atomic mass is 127. The van der Waals surface area contributed by atoms with Crippen molar-refractivity contribution in [1.82, 2.24) is 15.6 Å². The molecule has 0 saturated carbocycles. The van der Waals surface area contributed by atoms with Gasteiger partial charge in [0.1, 0.15) is 0 Å². The molecule has 0 aliphatic heterocycles. The molecule has 1 atom stereocenters. The minimum atomic E-state index is 0. The number of nitrogens with zero attached hydrogens (tertiary/aromatic N) is 2. The standard InChI is InChI=1S/C16H30N4S.HI/c1-7-12(3)19-15(17-8-2)18-10-9-14-20-13(11-21-14)16(4,5)6;/h11-12H,7-10H2,1-6H3,(H2,17,18,19);1H. The summed E-state index contributed by atoms with van der Waals surface area (Å²) in [5.74, 6) is 0.902. The molecule has 0 aliphatic rings. The summed E-state index contributed by atoms with van der Waals surface area (Å²) in [6.45, 7) is 14.7. The summed E-state index contributed by atoms with van der Waals surface area (Å²) in [6, 6.07) is 0.440.